The quantitative estimate of drug-likeness (QED) is 0.360. The van der Waals surface area contributed by atoms with Gasteiger partial charge in [-0.05, 0) is 12.5 Å². The van der Waals surface area contributed by atoms with E-state index in [9.17, 15) is 9.59 Å². The van der Waals surface area contributed by atoms with Gasteiger partial charge in [-0.2, -0.15) is 0 Å². The summed E-state index contributed by atoms with van der Waals surface area (Å²) in [5, 5.41) is 16.5. The zero-order valence-corrected chi connectivity index (χ0v) is 6.84. The largest absolute Gasteiger partial charge is 0.478 e. The molecule has 0 aromatic rings. The Morgan fingerprint density at radius 2 is 2.00 bits per heavy atom. The molecule has 0 amide bonds. The summed E-state index contributed by atoms with van der Waals surface area (Å²) < 4.78 is 4.41. The highest BCUT2D eigenvalue weighted by Crippen LogP contribution is 1.86. The molecular weight excluding hydrogens is 176 g/mol. The molecule has 0 unspecified atom stereocenters. The lowest BCUT2D eigenvalue weighted by atomic mass is 10.4. The van der Waals surface area contributed by atoms with Crippen molar-refractivity contribution in [2.45, 2.75) is 6.42 Å². The van der Waals surface area contributed by atoms with Crippen LogP contribution in [-0.4, -0.2) is 28.8 Å². The van der Waals surface area contributed by atoms with Crippen molar-refractivity contribution in [2.75, 3.05) is 6.61 Å². The molecule has 0 bridgehead atoms. The van der Waals surface area contributed by atoms with Gasteiger partial charge in [-0.15, -0.1) is 0 Å². The number of carbonyl (C=O) groups is 2. The summed E-state index contributed by atoms with van der Waals surface area (Å²) in [4.78, 5) is 20.6. The van der Waals surface area contributed by atoms with Gasteiger partial charge in [0.05, 0.1) is 6.26 Å². The summed E-state index contributed by atoms with van der Waals surface area (Å²) in [5.74, 6) is -1.98. The Hall–Kier alpha value is -1.62. The van der Waals surface area contributed by atoms with Gasteiger partial charge in [0, 0.05) is 18.8 Å². The number of carboxylic acid groups (broad SMARTS) is 1. The number of aliphatic hydroxyl groups is 1. The van der Waals surface area contributed by atoms with Gasteiger partial charge < -0.3 is 14.9 Å². The third kappa shape index (κ3) is 8.28. The average molecular weight is 186 g/mol. The molecule has 72 valence electrons. The fourth-order valence-electron chi connectivity index (χ4n) is 0.436. The maximum Gasteiger partial charge on any atom is 0.335 e. The molecule has 0 radical (unpaired) electrons. The van der Waals surface area contributed by atoms with Crippen molar-refractivity contribution < 1.29 is 24.5 Å². The standard InChI is InChI=1S/C8H10O5/c9-5-1-2-6-13-8(12)4-3-7(10)11/h2-4,6,9H,1,5H2,(H,10,11)/b4-3-,6-2?. The molecule has 0 aromatic heterocycles. The van der Waals surface area contributed by atoms with Crippen LogP contribution in [0.5, 0.6) is 0 Å². The predicted octanol–water partition coefficient (Wildman–Crippen LogP) is 0.0665. The Morgan fingerprint density at radius 3 is 2.54 bits per heavy atom. The van der Waals surface area contributed by atoms with Gasteiger partial charge in [0.1, 0.15) is 0 Å². The summed E-state index contributed by atoms with van der Waals surface area (Å²) in [6.45, 7) is -0.0288. The minimum atomic E-state index is -1.21. The van der Waals surface area contributed by atoms with Crippen molar-refractivity contribution >= 4 is 11.9 Å². The molecule has 13 heavy (non-hydrogen) atoms. The number of hydrogen-bond acceptors (Lipinski definition) is 4. The van der Waals surface area contributed by atoms with Crippen LogP contribution in [0.1, 0.15) is 6.42 Å². The highest BCUT2D eigenvalue weighted by molar-refractivity contribution is 5.90. The highest BCUT2D eigenvalue weighted by Gasteiger charge is 1.94. The van der Waals surface area contributed by atoms with Crippen LogP contribution >= 0.6 is 0 Å². The van der Waals surface area contributed by atoms with Crippen molar-refractivity contribution in [1.82, 2.24) is 0 Å². The van der Waals surface area contributed by atoms with Gasteiger partial charge in [0.15, 0.2) is 0 Å². The molecule has 0 rings (SSSR count). The Bertz CT molecular complexity index is 229. The topological polar surface area (TPSA) is 83.8 Å². The van der Waals surface area contributed by atoms with E-state index in [0.29, 0.717) is 12.5 Å². The zero-order valence-electron chi connectivity index (χ0n) is 6.84. The number of aliphatic carboxylic acids is 1. The Balaban J connectivity index is 3.69. The minimum Gasteiger partial charge on any atom is -0.478 e. The van der Waals surface area contributed by atoms with E-state index >= 15 is 0 Å². The van der Waals surface area contributed by atoms with E-state index in [1.165, 1.54) is 6.08 Å². The minimum absolute atomic E-state index is 0.0288. The van der Waals surface area contributed by atoms with E-state index in [-0.39, 0.29) is 6.61 Å². The summed E-state index contributed by atoms with van der Waals surface area (Å²) in [6.07, 6.45) is 4.42. The molecule has 0 heterocycles. The number of aliphatic hydroxyl groups excluding tert-OH is 1. The van der Waals surface area contributed by atoms with Crippen LogP contribution in [0.3, 0.4) is 0 Å². The van der Waals surface area contributed by atoms with E-state index in [4.69, 9.17) is 10.2 Å². The second kappa shape index (κ2) is 7.05. The summed E-state index contributed by atoms with van der Waals surface area (Å²) in [5.41, 5.74) is 0. The molecule has 0 spiro atoms. The maximum absolute atomic E-state index is 10.6. The first kappa shape index (κ1) is 11.4. The first-order chi connectivity index (χ1) is 6.16. The number of hydrogen-bond donors (Lipinski definition) is 2. The van der Waals surface area contributed by atoms with Crippen molar-refractivity contribution in [2.24, 2.45) is 0 Å². The summed E-state index contributed by atoms with van der Waals surface area (Å²) >= 11 is 0. The summed E-state index contributed by atoms with van der Waals surface area (Å²) in [6, 6.07) is 0. The lowest BCUT2D eigenvalue weighted by molar-refractivity contribution is -0.134. The van der Waals surface area contributed by atoms with Crippen LogP contribution < -0.4 is 0 Å². The van der Waals surface area contributed by atoms with Gasteiger partial charge in [-0.1, -0.05) is 0 Å². The van der Waals surface area contributed by atoms with Crippen LogP contribution in [0.4, 0.5) is 0 Å². The maximum atomic E-state index is 10.6. The van der Waals surface area contributed by atoms with Crippen LogP contribution in [0.2, 0.25) is 0 Å². The number of ether oxygens (including phenoxy) is 1. The van der Waals surface area contributed by atoms with Gasteiger partial charge in [0.2, 0.25) is 0 Å². The number of carbonyl (C=O) groups excluding carboxylic acids is 1. The molecule has 2 N–H and O–H groups in total. The second-order valence-corrected chi connectivity index (χ2v) is 1.99. The summed E-state index contributed by atoms with van der Waals surface area (Å²) in [7, 11) is 0. The van der Waals surface area contributed by atoms with Crippen molar-refractivity contribution in [3.63, 3.8) is 0 Å². The Morgan fingerprint density at radius 1 is 1.31 bits per heavy atom. The molecule has 5 nitrogen and oxygen atoms in total. The normalized spacial score (nSPS) is 10.8. The molecule has 5 heteroatoms. The van der Waals surface area contributed by atoms with Gasteiger partial charge in [0.25, 0.3) is 0 Å². The van der Waals surface area contributed by atoms with Crippen LogP contribution in [0, 0.1) is 0 Å². The molecule has 0 aliphatic heterocycles. The SMILES string of the molecule is O=C(O)/C=C\C(=O)OC=CCCO. The van der Waals surface area contributed by atoms with E-state index in [1.54, 1.807) is 0 Å². The number of rotatable bonds is 5. The predicted molar refractivity (Wildman–Crippen MR) is 43.7 cm³/mol. The van der Waals surface area contributed by atoms with Gasteiger partial charge in [-0.25, -0.2) is 9.59 Å². The van der Waals surface area contributed by atoms with Crippen molar-refractivity contribution in [1.29, 1.82) is 0 Å². The van der Waals surface area contributed by atoms with E-state index in [0.717, 1.165) is 12.3 Å². The fraction of sp³-hybridized carbons (Fsp3) is 0.250. The first-order valence-electron chi connectivity index (χ1n) is 3.54. The van der Waals surface area contributed by atoms with Crippen LogP contribution in [-0.2, 0) is 14.3 Å². The van der Waals surface area contributed by atoms with Gasteiger partial charge in [-0.3, -0.25) is 0 Å². The smallest absolute Gasteiger partial charge is 0.335 e. The first-order valence-corrected chi connectivity index (χ1v) is 3.54. The third-order valence-electron chi connectivity index (χ3n) is 0.938. The number of carboxylic acids is 1. The average Bonchev–Trinajstić information content (AvgIpc) is 2.09. The highest BCUT2D eigenvalue weighted by atomic mass is 16.5. The molecular formula is C8H10O5. The van der Waals surface area contributed by atoms with Crippen LogP contribution in [0.15, 0.2) is 24.5 Å². The van der Waals surface area contributed by atoms with Gasteiger partial charge >= 0.3 is 11.9 Å². The molecule has 0 aliphatic rings. The lowest BCUT2D eigenvalue weighted by Gasteiger charge is -1.90. The molecule has 0 aliphatic carbocycles. The molecule has 0 aromatic carbocycles. The monoisotopic (exact) mass is 186 g/mol. The van der Waals surface area contributed by atoms with E-state index < -0.39 is 11.9 Å². The van der Waals surface area contributed by atoms with Crippen molar-refractivity contribution in [3.05, 3.63) is 24.5 Å². The second-order valence-electron chi connectivity index (χ2n) is 1.99. The molecule has 0 atom stereocenters. The Labute approximate surface area is 74.9 Å². The Kier molecular flexibility index (Phi) is 6.17. The van der Waals surface area contributed by atoms with E-state index in [1.807, 2.05) is 0 Å². The number of esters is 1. The molecule has 0 saturated carbocycles. The van der Waals surface area contributed by atoms with Crippen molar-refractivity contribution in [3.8, 4) is 0 Å². The third-order valence-corrected chi connectivity index (χ3v) is 0.938. The lowest BCUT2D eigenvalue weighted by Crippen LogP contribution is -1.96. The zero-order chi connectivity index (χ0) is 10.1. The fourth-order valence-corrected chi connectivity index (χ4v) is 0.436. The molecule has 0 fully saturated rings. The van der Waals surface area contributed by atoms with E-state index in [2.05, 4.69) is 4.74 Å². The molecule has 0 saturated heterocycles. The van der Waals surface area contributed by atoms with Crippen LogP contribution in [0.25, 0.3) is 0 Å².